The molecule has 68 heavy (non-hydrogen) atoms. The van der Waals surface area contributed by atoms with Crippen LogP contribution in [0.25, 0.3) is 0 Å². The molecule has 9 aliphatic rings. The number of carbonyl (C=O) groups is 9. The molecule has 378 valence electrons. The lowest BCUT2D eigenvalue weighted by Gasteiger charge is -2.27. The van der Waals surface area contributed by atoms with Crippen LogP contribution in [0.4, 0.5) is 0 Å². The van der Waals surface area contributed by atoms with Gasteiger partial charge < -0.3 is 47.4 Å². The number of ether oxygens (including phenoxy) is 10. The van der Waals surface area contributed by atoms with Crippen molar-refractivity contribution in [2.45, 2.75) is 182 Å². The molecule has 5 aliphatic heterocycles. The first-order chi connectivity index (χ1) is 31.9. The molecule has 6 bridgehead atoms. The van der Waals surface area contributed by atoms with Gasteiger partial charge in [-0.2, -0.15) is 0 Å². The van der Waals surface area contributed by atoms with Crippen molar-refractivity contribution in [3.8, 4) is 0 Å². The molecule has 4 aliphatic carbocycles. The average Bonchev–Trinajstić information content (AvgIpc) is 4.19. The number of carbonyl (C=O) groups excluding carboxylic acids is 9. The van der Waals surface area contributed by atoms with Gasteiger partial charge in [-0.15, -0.1) is 0 Å². The third-order valence-electron chi connectivity index (χ3n) is 16.2. The summed E-state index contributed by atoms with van der Waals surface area (Å²) in [5, 5.41) is 0. The molecule has 9 rings (SSSR count). The van der Waals surface area contributed by atoms with E-state index in [9.17, 15) is 43.2 Å². The second-order valence-corrected chi connectivity index (χ2v) is 21.7. The van der Waals surface area contributed by atoms with Gasteiger partial charge in [0.25, 0.3) is 0 Å². The molecule has 0 spiro atoms. The lowest BCUT2D eigenvalue weighted by atomic mass is 9.88. The predicted octanol–water partition coefficient (Wildman–Crippen LogP) is 4.29. The van der Waals surface area contributed by atoms with Gasteiger partial charge in [0.15, 0.2) is 24.9 Å². The zero-order chi connectivity index (χ0) is 49.8. The van der Waals surface area contributed by atoms with Crippen LogP contribution in [0.15, 0.2) is 0 Å². The van der Waals surface area contributed by atoms with Crippen molar-refractivity contribution in [2.24, 2.45) is 57.7 Å². The minimum absolute atomic E-state index is 0.0113. The van der Waals surface area contributed by atoms with Crippen molar-refractivity contribution in [1.29, 1.82) is 0 Å². The molecule has 0 amide bonds. The highest BCUT2D eigenvalue weighted by molar-refractivity contribution is 5.83. The number of hydrogen-bond acceptors (Lipinski definition) is 19. The summed E-state index contributed by atoms with van der Waals surface area (Å²) in [5.74, 6) is -2.79. The first-order valence-corrected chi connectivity index (χ1v) is 24.3. The highest BCUT2D eigenvalue weighted by Crippen LogP contribution is 2.56. The molecule has 0 aromatic carbocycles. The highest BCUT2D eigenvalue weighted by Gasteiger charge is 2.66. The standard InChI is InChI=1S/2C17H24O6.C15H20O7/c1-5-17(3,4)16(20)21-8(2)14(18)22-12-9-6-10-11(7-9)15(19)23-13(10)12;1-4-17(2,3)16(20)21-6-5-12(18)22-13-9-7-10-11(8-9)15(19)23-14(10)13;1-4-15(2,3)14(18)19-6-9(16)21-11-8-5-7-10(20-8)12(11)22-13(7)17/h8-13H,5-7H2,1-4H3;9-11,13-14H,4-8H2,1-3H3;7-8,10-12H,4-6H2,1-3H3. The molecule has 16 atom stereocenters. The minimum Gasteiger partial charge on any atom is -0.465 e. The fourth-order valence-electron chi connectivity index (χ4n) is 10.7. The fraction of sp³-hybridized carbons (Fsp3) is 0.816. The molecule has 0 aromatic heterocycles. The van der Waals surface area contributed by atoms with Gasteiger partial charge in [0.1, 0.15) is 37.1 Å². The van der Waals surface area contributed by atoms with Crippen LogP contribution in [-0.4, -0.2) is 122 Å². The largest absolute Gasteiger partial charge is 0.465 e. The summed E-state index contributed by atoms with van der Waals surface area (Å²) in [6.07, 6.45) is 1.73. The SMILES string of the molecule is CCC(C)(C)C(=O)OC(C)C(=O)OC1C2CC3C(=O)OC1C3C2.CCC(C)(C)C(=O)OCC(=O)OC1C2CC3C(=O)OC1C3O2.CCC(C)(C)C(=O)OCCC(=O)OC1C2CC3C(=O)OC1C3C2. The molecule has 0 N–H and O–H groups in total. The summed E-state index contributed by atoms with van der Waals surface area (Å²) < 4.78 is 53.3. The Hall–Kier alpha value is -4.81. The van der Waals surface area contributed by atoms with Crippen molar-refractivity contribution in [3.05, 3.63) is 0 Å². The smallest absolute Gasteiger partial charge is 0.347 e. The second kappa shape index (κ2) is 19.5. The molecule has 5 saturated heterocycles. The van der Waals surface area contributed by atoms with E-state index in [4.69, 9.17) is 47.4 Å². The van der Waals surface area contributed by atoms with Crippen LogP contribution in [0.1, 0.15) is 127 Å². The summed E-state index contributed by atoms with van der Waals surface area (Å²) in [6, 6.07) is 0. The van der Waals surface area contributed by atoms with Gasteiger partial charge in [0, 0.05) is 23.7 Å². The van der Waals surface area contributed by atoms with E-state index < -0.39 is 77.1 Å². The Kier molecular flexibility index (Phi) is 14.7. The van der Waals surface area contributed by atoms with Crippen molar-refractivity contribution in [2.75, 3.05) is 13.2 Å². The topological polar surface area (TPSA) is 246 Å². The molecular formula is C49H68O19. The van der Waals surface area contributed by atoms with Crippen LogP contribution in [0.3, 0.4) is 0 Å². The van der Waals surface area contributed by atoms with Gasteiger partial charge in [0.05, 0.1) is 46.5 Å². The Bertz CT molecular complexity index is 2020. The van der Waals surface area contributed by atoms with E-state index >= 15 is 0 Å². The van der Waals surface area contributed by atoms with E-state index in [0.717, 1.165) is 25.7 Å². The molecule has 0 aromatic rings. The Morgan fingerprint density at radius 3 is 1.57 bits per heavy atom. The fourth-order valence-corrected chi connectivity index (χ4v) is 10.7. The summed E-state index contributed by atoms with van der Waals surface area (Å²) in [4.78, 5) is 107. The van der Waals surface area contributed by atoms with E-state index in [1.54, 1.807) is 27.7 Å². The number of rotatable bonds is 16. The van der Waals surface area contributed by atoms with Gasteiger partial charge in [-0.3, -0.25) is 33.6 Å². The second-order valence-electron chi connectivity index (χ2n) is 21.7. The van der Waals surface area contributed by atoms with Crippen molar-refractivity contribution >= 4 is 53.7 Å². The zero-order valence-corrected chi connectivity index (χ0v) is 40.8. The van der Waals surface area contributed by atoms with Crippen LogP contribution in [0.2, 0.25) is 0 Å². The van der Waals surface area contributed by atoms with Gasteiger partial charge >= 0.3 is 53.7 Å². The van der Waals surface area contributed by atoms with Crippen LogP contribution < -0.4 is 0 Å². The average molecular weight is 961 g/mol. The maximum atomic E-state index is 12.2. The summed E-state index contributed by atoms with van der Waals surface area (Å²) in [7, 11) is 0. The van der Waals surface area contributed by atoms with E-state index in [0.29, 0.717) is 25.7 Å². The first kappa shape index (κ1) is 51.1. The van der Waals surface area contributed by atoms with E-state index in [1.165, 1.54) is 6.92 Å². The molecule has 5 heterocycles. The molecule has 4 saturated carbocycles. The molecule has 9 fully saturated rings. The molecule has 0 radical (unpaired) electrons. The molecule has 19 nitrogen and oxygen atoms in total. The number of esters is 9. The Morgan fingerprint density at radius 2 is 1.03 bits per heavy atom. The first-order valence-electron chi connectivity index (χ1n) is 24.3. The molecular weight excluding hydrogens is 893 g/mol. The Morgan fingerprint density at radius 1 is 0.559 bits per heavy atom. The quantitative estimate of drug-likeness (QED) is 0.155. The highest BCUT2D eigenvalue weighted by atomic mass is 16.7. The Balaban J connectivity index is 0.000000151. The van der Waals surface area contributed by atoms with Crippen molar-refractivity contribution in [1.82, 2.24) is 0 Å². The third kappa shape index (κ3) is 9.96. The third-order valence-corrected chi connectivity index (χ3v) is 16.2. The minimum atomic E-state index is -0.958. The number of fused-ring (bicyclic) bond motifs is 3. The van der Waals surface area contributed by atoms with Crippen LogP contribution in [0, 0.1) is 57.7 Å². The maximum Gasteiger partial charge on any atom is 0.347 e. The van der Waals surface area contributed by atoms with E-state index in [1.807, 2.05) is 34.6 Å². The van der Waals surface area contributed by atoms with Gasteiger partial charge in [-0.05, 0) is 99.8 Å². The maximum absolute atomic E-state index is 12.2. The Labute approximate surface area is 396 Å². The molecule has 19 heteroatoms. The zero-order valence-electron chi connectivity index (χ0n) is 40.8. The lowest BCUT2D eigenvalue weighted by molar-refractivity contribution is -0.180. The summed E-state index contributed by atoms with van der Waals surface area (Å²) >= 11 is 0. The summed E-state index contributed by atoms with van der Waals surface area (Å²) in [5.41, 5.74) is -1.80. The lowest BCUT2D eigenvalue weighted by Crippen LogP contribution is -2.41. The van der Waals surface area contributed by atoms with Crippen LogP contribution in [0.5, 0.6) is 0 Å². The van der Waals surface area contributed by atoms with Gasteiger partial charge in [0.2, 0.25) is 0 Å². The summed E-state index contributed by atoms with van der Waals surface area (Å²) in [6.45, 7) is 17.5. The predicted molar refractivity (Wildman–Crippen MR) is 230 cm³/mol. The van der Waals surface area contributed by atoms with E-state index in [2.05, 4.69) is 0 Å². The normalized spacial score (nSPS) is 35.2. The monoisotopic (exact) mass is 960 g/mol. The van der Waals surface area contributed by atoms with Gasteiger partial charge in [-0.1, -0.05) is 20.8 Å². The van der Waals surface area contributed by atoms with Crippen molar-refractivity contribution in [3.63, 3.8) is 0 Å². The van der Waals surface area contributed by atoms with E-state index in [-0.39, 0.29) is 109 Å². The van der Waals surface area contributed by atoms with Gasteiger partial charge in [-0.25, -0.2) is 9.59 Å². The van der Waals surface area contributed by atoms with Crippen molar-refractivity contribution < 1.29 is 90.5 Å². The molecule has 16 unspecified atom stereocenters. The van der Waals surface area contributed by atoms with Crippen LogP contribution in [-0.2, 0) is 90.5 Å². The number of hydrogen-bond donors (Lipinski definition) is 0. The van der Waals surface area contributed by atoms with Crippen LogP contribution >= 0.6 is 0 Å².